The number of esters is 1. The fourth-order valence-corrected chi connectivity index (χ4v) is 4.14. The highest BCUT2D eigenvalue weighted by Crippen LogP contribution is 2.47. The molecular weight excluding hydrogens is 382 g/mol. The van der Waals surface area contributed by atoms with Gasteiger partial charge in [0.1, 0.15) is 5.78 Å². The largest absolute Gasteiger partial charge is 0.466 e. The number of fused-ring (bicyclic) bond motifs is 1. The molecule has 25 heavy (non-hydrogen) atoms. The maximum Gasteiger partial charge on any atom is 0.336 e. The van der Waals surface area contributed by atoms with Gasteiger partial charge in [-0.05, 0) is 30.0 Å². The molecule has 0 bridgehead atoms. The summed E-state index contributed by atoms with van der Waals surface area (Å²) in [5.74, 6) is -0.963. The number of rotatable bonds is 2. The summed E-state index contributed by atoms with van der Waals surface area (Å²) in [6.07, 6.45) is 2.59. The predicted molar refractivity (Wildman–Crippen MR) is 99.7 cm³/mol. The number of methoxy groups -OCH3 is 1. The second-order valence-corrected chi connectivity index (χ2v) is 8.31. The number of carbonyl (C=O) groups is 2. The Hall–Kier alpha value is -1.88. The molecule has 4 nitrogen and oxygen atoms in total. The minimum absolute atomic E-state index is 0.150. The summed E-state index contributed by atoms with van der Waals surface area (Å²) < 4.78 is 5.97. The topological polar surface area (TPSA) is 55.4 Å². The lowest BCUT2D eigenvalue weighted by Crippen LogP contribution is -2.43. The van der Waals surface area contributed by atoms with Crippen molar-refractivity contribution in [3.05, 3.63) is 57.3 Å². The molecule has 0 saturated heterocycles. The van der Waals surface area contributed by atoms with Crippen LogP contribution in [0.5, 0.6) is 0 Å². The van der Waals surface area contributed by atoms with Crippen LogP contribution in [0.1, 0.15) is 38.7 Å². The van der Waals surface area contributed by atoms with Crippen LogP contribution in [0, 0.1) is 11.3 Å². The van der Waals surface area contributed by atoms with E-state index in [1.165, 1.54) is 7.11 Å². The first-order valence-electron chi connectivity index (χ1n) is 8.30. The first-order valence-corrected chi connectivity index (χ1v) is 9.10. The Morgan fingerprint density at radius 2 is 1.88 bits per heavy atom. The van der Waals surface area contributed by atoms with Crippen molar-refractivity contribution in [3.63, 3.8) is 0 Å². The first-order chi connectivity index (χ1) is 11.7. The molecule has 1 aromatic carbocycles. The summed E-state index contributed by atoms with van der Waals surface area (Å²) >= 11 is 3.44. The number of hydrogen-bond acceptors (Lipinski definition) is 4. The van der Waals surface area contributed by atoms with E-state index >= 15 is 0 Å². The molecule has 1 aromatic rings. The van der Waals surface area contributed by atoms with E-state index in [0.29, 0.717) is 12.0 Å². The van der Waals surface area contributed by atoms with Crippen LogP contribution >= 0.6 is 15.9 Å². The van der Waals surface area contributed by atoms with Gasteiger partial charge in [-0.3, -0.25) is 4.79 Å². The van der Waals surface area contributed by atoms with E-state index in [1.54, 1.807) is 0 Å². The highest BCUT2D eigenvalue weighted by atomic mass is 79.9. The van der Waals surface area contributed by atoms with Gasteiger partial charge in [-0.15, -0.1) is 0 Å². The van der Waals surface area contributed by atoms with Crippen molar-refractivity contribution in [2.24, 2.45) is 11.3 Å². The zero-order chi connectivity index (χ0) is 18.4. The lowest BCUT2D eigenvalue weighted by Gasteiger charge is -2.41. The average Bonchev–Trinajstić information content (AvgIpc) is 2.52. The molecule has 2 unspecified atom stereocenters. The monoisotopic (exact) mass is 403 g/mol. The van der Waals surface area contributed by atoms with Crippen molar-refractivity contribution in [2.75, 3.05) is 7.11 Å². The molecule has 0 saturated carbocycles. The third kappa shape index (κ3) is 3.30. The maximum absolute atomic E-state index is 13.0. The fourth-order valence-electron chi connectivity index (χ4n) is 3.88. The van der Waals surface area contributed by atoms with E-state index in [2.05, 4.69) is 41.2 Å². The summed E-state index contributed by atoms with van der Waals surface area (Å²) in [6.45, 7) is 5.97. The van der Waals surface area contributed by atoms with E-state index in [-0.39, 0.29) is 23.0 Å². The van der Waals surface area contributed by atoms with Crippen LogP contribution in [0.3, 0.4) is 0 Å². The molecule has 0 radical (unpaired) electrons. The summed E-state index contributed by atoms with van der Waals surface area (Å²) in [5, 5.41) is 3.29. The van der Waals surface area contributed by atoms with Gasteiger partial charge >= 0.3 is 5.97 Å². The molecule has 2 aliphatic rings. The Morgan fingerprint density at radius 3 is 2.48 bits per heavy atom. The van der Waals surface area contributed by atoms with Gasteiger partial charge in [-0.25, -0.2) is 4.79 Å². The number of benzene rings is 1. The lowest BCUT2D eigenvalue weighted by atomic mass is 9.66. The minimum atomic E-state index is -0.394. The molecule has 2 atom stereocenters. The standard InChI is InChI=1S/C20H22BrNO3/c1-11-16(19(24)25-4)17(12-5-7-13(21)8-6-12)18-14(22-11)9-20(2,3)10-15(18)23/h5-9,17-18,22H,10H2,1-4H3. The Morgan fingerprint density at radius 1 is 1.24 bits per heavy atom. The molecule has 5 heteroatoms. The number of ether oxygens (including phenoxy) is 1. The van der Waals surface area contributed by atoms with Gasteiger partial charge in [0.05, 0.1) is 18.6 Å². The second-order valence-electron chi connectivity index (χ2n) is 7.39. The van der Waals surface area contributed by atoms with E-state index in [0.717, 1.165) is 21.4 Å². The molecule has 1 heterocycles. The molecule has 1 N–H and O–H groups in total. The molecule has 1 aliphatic heterocycles. The number of carbonyl (C=O) groups excluding carboxylic acids is 2. The van der Waals surface area contributed by atoms with Crippen LogP contribution in [0.15, 0.2) is 51.8 Å². The SMILES string of the molecule is COC(=O)C1=C(C)NC2=CC(C)(C)CC(=O)C2C1c1ccc(Br)cc1. The maximum atomic E-state index is 13.0. The van der Waals surface area contributed by atoms with Crippen LogP contribution in [-0.4, -0.2) is 18.9 Å². The normalized spacial score (nSPS) is 25.0. The summed E-state index contributed by atoms with van der Waals surface area (Å²) in [4.78, 5) is 25.5. The molecule has 3 rings (SSSR count). The first kappa shape index (κ1) is 17.9. The van der Waals surface area contributed by atoms with Gasteiger partial charge in [-0.1, -0.05) is 48.0 Å². The Balaban J connectivity index is 2.20. The van der Waals surface area contributed by atoms with Crippen molar-refractivity contribution >= 4 is 27.7 Å². The molecule has 0 amide bonds. The van der Waals surface area contributed by atoms with Crippen LogP contribution in [0.4, 0.5) is 0 Å². The number of halogens is 1. The van der Waals surface area contributed by atoms with Crippen LogP contribution in [-0.2, 0) is 14.3 Å². The molecule has 132 valence electrons. The Labute approximate surface area is 156 Å². The van der Waals surface area contributed by atoms with Gasteiger partial charge in [0, 0.05) is 28.2 Å². The third-order valence-corrected chi connectivity index (χ3v) is 5.40. The van der Waals surface area contributed by atoms with Gasteiger partial charge < -0.3 is 10.1 Å². The zero-order valence-corrected chi connectivity index (χ0v) is 16.4. The second kappa shape index (κ2) is 6.45. The predicted octanol–water partition coefficient (Wildman–Crippen LogP) is 4.08. The molecule has 0 spiro atoms. The van der Waals surface area contributed by atoms with E-state index in [9.17, 15) is 9.59 Å². The van der Waals surface area contributed by atoms with Crippen molar-refractivity contribution in [1.82, 2.24) is 5.32 Å². The summed E-state index contributed by atoms with van der Waals surface area (Å²) in [5.41, 5.74) is 2.91. The molecule has 0 aromatic heterocycles. The van der Waals surface area contributed by atoms with E-state index in [1.807, 2.05) is 31.2 Å². The Bertz CT molecular complexity index is 790. The van der Waals surface area contributed by atoms with Crippen molar-refractivity contribution in [2.45, 2.75) is 33.1 Å². The summed E-state index contributed by atoms with van der Waals surface area (Å²) in [7, 11) is 1.37. The number of allylic oxidation sites excluding steroid dienone is 3. The van der Waals surface area contributed by atoms with Crippen LogP contribution in [0.2, 0.25) is 0 Å². The van der Waals surface area contributed by atoms with Gasteiger partial charge in [-0.2, -0.15) is 0 Å². The Kier molecular flexibility index (Phi) is 4.62. The smallest absolute Gasteiger partial charge is 0.336 e. The highest BCUT2D eigenvalue weighted by Gasteiger charge is 2.46. The molecular formula is C20H22BrNO3. The van der Waals surface area contributed by atoms with Crippen molar-refractivity contribution in [3.8, 4) is 0 Å². The number of nitrogens with one attached hydrogen (secondary N) is 1. The van der Waals surface area contributed by atoms with Gasteiger partial charge in [0.2, 0.25) is 0 Å². The minimum Gasteiger partial charge on any atom is -0.466 e. The lowest BCUT2D eigenvalue weighted by molar-refractivity contribution is -0.136. The molecule has 0 fully saturated rings. The molecule has 1 aliphatic carbocycles. The fraction of sp³-hybridized carbons (Fsp3) is 0.400. The highest BCUT2D eigenvalue weighted by molar-refractivity contribution is 9.10. The van der Waals surface area contributed by atoms with Gasteiger partial charge in [0.25, 0.3) is 0 Å². The van der Waals surface area contributed by atoms with Crippen LogP contribution < -0.4 is 5.32 Å². The van der Waals surface area contributed by atoms with Crippen LogP contribution in [0.25, 0.3) is 0 Å². The van der Waals surface area contributed by atoms with Crippen molar-refractivity contribution < 1.29 is 14.3 Å². The van der Waals surface area contributed by atoms with Gasteiger partial charge in [0.15, 0.2) is 0 Å². The average molecular weight is 404 g/mol. The van der Waals surface area contributed by atoms with E-state index < -0.39 is 5.97 Å². The third-order valence-electron chi connectivity index (χ3n) is 4.87. The zero-order valence-electron chi connectivity index (χ0n) is 14.9. The summed E-state index contributed by atoms with van der Waals surface area (Å²) in [6, 6.07) is 7.78. The van der Waals surface area contributed by atoms with Crippen molar-refractivity contribution in [1.29, 1.82) is 0 Å². The van der Waals surface area contributed by atoms with E-state index in [4.69, 9.17) is 4.74 Å². The number of Topliss-reactive ketones (excluding diaryl/α,β-unsaturated/α-hetero) is 1. The number of ketones is 1. The quantitative estimate of drug-likeness (QED) is 0.755. The number of hydrogen-bond donors (Lipinski definition) is 1.